The molecule has 0 atom stereocenters. The monoisotopic (exact) mass is 417 g/mol. The molecule has 1 fully saturated rings. The second kappa shape index (κ2) is 10.5. The number of nitrogens with one attached hydrogen (secondary N) is 1. The van der Waals surface area contributed by atoms with E-state index in [-0.39, 0.29) is 5.75 Å². The van der Waals surface area contributed by atoms with E-state index in [1.165, 1.54) is 36.6 Å². The number of benzene rings is 1. The quantitative estimate of drug-likeness (QED) is 0.330. The Balaban J connectivity index is 1.54. The summed E-state index contributed by atoms with van der Waals surface area (Å²) in [6.45, 7) is 7.78. The molecule has 0 spiro atoms. The number of thiophene rings is 1. The van der Waals surface area contributed by atoms with Gasteiger partial charge < -0.3 is 10.1 Å². The summed E-state index contributed by atoms with van der Waals surface area (Å²) in [5, 5.41) is 2.96. The molecule has 2 aromatic rings. The highest BCUT2D eigenvalue weighted by Crippen LogP contribution is 2.30. The van der Waals surface area contributed by atoms with Crippen molar-refractivity contribution < 1.29 is 13.9 Å². The number of carbonyl (C=O) groups is 1. The molecule has 0 unspecified atom stereocenters. The van der Waals surface area contributed by atoms with E-state index in [1.807, 2.05) is 6.07 Å². The maximum atomic E-state index is 14.3. The molecule has 0 bridgehead atoms. The van der Waals surface area contributed by atoms with Crippen LogP contribution in [0.5, 0.6) is 5.75 Å². The number of hydrogen-bond donors (Lipinski definition) is 1. The van der Waals surface area contributed by atoms with Crippen LogP contribution < -0.4 is 10.1 Å². The van der Waals surface area contributed by atoms with Gasteiger partial charge in [-0.2, -0.15) is 0 Å². The predicted octanol–water partition coefficient (Wildman–Crippen LogP) is 5.14. The molecular weight excluding hydrogens is 389 g/mol. The highest BCUT2D eigenvalue weighted by atomic mass is 32.1. The topological polar surface area (TPSA) is 53.9 Å². The van der Waals surface area contributed by atoms with E-state index in [0.29, 0.717) is 28.8 Å². The average molecular weight is 418 g/mol. The van der Waals surface area contributed by atoms with E-state index < -0.39 is 5.82 Å². The third kappa shape index (κ3) is 6.37. The van der Waals surface area contributed by atoms with Gasteiger partial charge in [-0.3, -0.25) is 9.69 Å². The largest absolute Gasteiger partial charge is 0.489 e. The Kier molecular flexibility index (Phi) is 7.77. The summed E-state index contributed by atoms with van der Waals surface area (Å²) < 4.78 is 19.9. The van der Waals surface area contributed by atoms with Crippen LogP contribution in [0.3, 0.4) is 0 Å². The van der Waals surface area contributed by atoms with Crippen molar-refractivity contribution in [2.24, 2.45) is 10.9 Å². The van der Waals surface area contributed by atoms with E-state index in [9.17, 15) is 9.18 Å². The van der Waals surface area contributed by atoms with Gasteiger partial charge in [-0.15, -0.1) is 11.3 Å². The standard InChI is InChI=1S/C22H28FN3O2S/c1-16(2)11-18-13-20(22(14-27)29-18)25-15-24-17-5-6-21(19(23)12-17)28-10-9-26-7-3-4-8-26/h5-6,12-16H,3-4,7-11H2,1-2H3,(H,24,25). The van der Waals surface area contributed by atoms with Gasteiger partial charge >= 0.3 is 0 Å². The van der Waals surface area contributed by atoms with E-state index in [2.05, 4.69) is 29.1 Å². The minimum Gasteiger partial charge on any atom is -0.489 e. The lowest BCUT2D eigenvalue weighted by atomic mass is 10.1. The number of ether oxygens (including phenoxy) is 1. The average Bonchev–Trinajstić information content (AvgIpc) is 3.32. The van der Waals surface area contributed by atoms with Crippen molar-refractivity contribution in [2.45, 2.75) is 33.1 Å². The number of likely N-dealkylation sites (tertiary alicyclic amines) is 1. The van der Waals surface area contributed by atoms with Crippen LogP contribution in [0.15, 0.2) is 29.3 Å². The van der Waals surface area contributed by atoms with E-state index in [4.69, 9.17) is 4.74 Å². The molecule has 1 aliphatic heterocycles. The van der Waals surface area contributed by atoms with Crippen LogP contribution in [0.4, 0.5) is 15.8 Å². The maximum Gasteiger partial charge on any atom is 0.167 e. The molecular formula is C22H28FN3O2S. The number of aliphatic imine (C=N–C) groups is 1. The fraction of sp³-hybridized carbons (Fsp3) is 0.455. The maximum absolute atomic E-state index is 14.3. The Morgan fingerprint density at radius 3 is 2.79 bits per heavy atom. The van der Waals surface area contributed by atoms with Gasteiger partial charge in [0, 0.05) is 23.2 Å². The van der Waals surface area contributed by atoms with E-state index in [0.717, 1.165) is 37.2 Å². The van der Waals surface area contributed by atoms with Gasteiger partial charge in [0.05, 0.1) is 16.9 Å². The first-order valence-electron chi connectivity index (χ1n) is 10.1. The molecule has 1 aliphatic rings. The molecule has 0 aliphatic carbocycles. The normalized spacial score (nSPS) is 14.8. The molecule has 0 radical (unpaired) electrons. The van der Waals surface area contributed by atoms with Crippen molar-refractivity contribution in [3.05, 3.63) is 39.8 Å². The molecule has 156 valence electrons. The van der Waals surface area contributed by atoms with Crippen molar-refractivity contribution in [1.82, 2.24) is 4.90 Å². The number of hydrogen-bond acceptors (Lipinski definition) is 5. The molecule has 0 amide bonds. The molecule has 0 saturated carbocycles. The van der Waals surface area contributed by atoms with Crippen LogP contribution in [0.1, 0.15) is 41.2 Å². The van der Waals surface area contributed by atoms with Crippen LogP contribution in [0.25, 0.3) is 0 Å². The number of rotatable bonds is 10. The van der Waals surface area contributed by atoms with Gasteiger partial charge in [0.1, 0.15) is 6.61 Å². The minimum absolute atomic E-state index is 0.256. The second-order valence-corrected chi connectivity index (χ2v) is 8.79. The molecule has 1 aromatic carbocycles. The first-order chi connectivity index (χ1) is 14.0. The molecule has 3 rings (SSSR count). The molecule has 1 aromatic heterocycles. The molecule has 5 nitrogen and oxygen atoms in total. The Hall–Kier alpha value is -2.25. The molecule has 7 heteroatoms. The van der Waals surface area contributed by atoms with Gasteiger partial charge in [0.25, 0.3) is 0 Å². The summed E-state index contributed by atoms with van der Waals surface area (Å²) in [7, 11) is 0. The first-order valence-corrected chi connectivity index (χ1v) is 10.9. The van der Waals surface area contributed by atoms with Crippen molar-refractivity contribution >= 4 is 35.3 Å². The third-order valence-electron chi connectivity index (χ3n) is 4.74. The smallest absolute Gasteiger partial charge is 0.167 e. The summed E-state index contributed by atoms with van der Waals surface area (Å²) in [6.07, 6.45) is 5.69. The van der Waals surface area contributed by atoms with Gasteiger partial charge in [-0.05, 0) is 56.5 Å². The zero-order valence-electron chi connectivity index (χ0n) is 17.0. The zero-order chi connectivity index (χ0) is 20.6. The molecule has 1 saturated heterocycles. The van der Waals surface area contributed by atoms with Crippen LogP contribution in [-0.2, 0) is 6.42 Å². The Bertz CT molecular complexity index is 845. The van der Waals surface area contributed by atoms with Gasteiger partial charge in [-0.1, -0.05) is 13.8 Å². The van der Waals surface area contributed by atoms with Crippen LogP contribution in [0, 0.1) is 11.7 Å². The van der Waals surface area contributed by atoms with E-state index >= 15 is 0 Å². The van der Waals surface area contributed by atoms with Crippen molar-refractivity contribution in [2.75, 3.05) is 31.6 Å². The van der Waals surface area contributed by atoms with Gasteiger partial charge in [0.2, 0.25) is 0 Å². The Morgan fingerprint density at radius 1 is 1.31 bits per heavy atom. The number of halogens is 1. The number of nitrogens with zero attached hydrogens (tertiary/aromatic N) is 2. The Labute approximate surface area is 175 Å². The number of anilines is 1. The fourth-order valence-electron chi connectivity index (χ4n) is 3.31. The van der Waals surface area contributed by atoms with Crippen LogP contribution in [0.2, 0.25) is 0 Å². The number of aldehydes is 1. The third-order valence-corrected chi connectivity index (χ3v) is 5.81. The fourth-order valence-corrected chi connectivity index (χ4v) is 4.44. The first kappa shape index (κ1) is 21.5. The molecule has 2 heterocycles. The van der Waals surface area contributed by atoms with Crippen molar-refractivity contribution in [1.29, 1.82) is 0 Å². The highest BCUT2D eigenvalue weighted by molar-refractivity contribution is 7.14. The minimum atomic E-state index is -0.409. The van der Waals surface area contributed by atoms with Crippen molar-refractivity contribution in [3.8, 4) is 5.75 Å². The molecule has 1 N–H and O–H groups in total. The summed E-state index contributed by atoms with van der Waals surface area (Å²) in [5.41, 5.74) is 1.21. The predicted molar refractivity (Wildman–Crippen MR) is 118 cm³/mol. The van der Waals surface area contributed by atoms with Crippen molar-refractivity contribution in [3.63, 3.8) is 0 Å². The SMILES string of the molecule is CC(C)Cc1cc(/N=C\Nc2ccc(OCCN3CCCC3)c(F)c2)c(C=O)s1. The van der Waals surface area contributed by atoms with Crippen LogP contribution in [-0.4, -0.2) is 43.8 Å². The summed E-state index contributed by atoms with van der Waals surface area (Å²) in [5.74, 6) is 0.362. The lowest BCUT2D eigenvalue weighted by molar-refractivity contribution is 0.112. The second-order valence-electron chi connectivity index (χ2n) is 7.62. The number of carbonyl (C=O) groups excluding carboxylic acids is 1. The van der Waals surface area contributed by atoms with Crippen LogP contribution >= 0.6 is 11.3 Å². The summed E-state index contributed by atoms with van der Waals surface area (Å²) in [4.78, 5) is 19.7. The highest BCUT2D eigenvalue weighted by Gasteiger charge is 2.12. The lowest BCUT2D eigenvalue weighted by Gasteiger charge is -2.15. The summed E-state index contributed by atoms with van der Waals surface area (Å²) >= 11 is 1.47. The zero-order valence-corrected chi connectivity index (χ0v) is 17.8. The summed E-state index contributed by atoms with van der Waals surface area (Å²) in [6, 6.07) is 6.69. The van der Waals surface area contributed by atoms with Gasteiger partial charge in [0.15, 0.2) is 17.9 Å². The van der Waals surface area contributed by atoms with Gasteiger partial charge in [-0.25, -0.2) is 9.38 Å². The lowest BCUT2D eigenvalue weighted by Crippen LogP contribution is -2.25. The van der Waals surface area contributed by atoms with E-state index in [1.54, 1.807) is 12.1 Å². The Morgan fingerprint density at radius 2 is 2.10 bits per heavy atom. The molecule has 29 heavy (non-hydrogen) atoms.